The van der Waals surface area contributed by atoms with Crippen molar-refractivity contribution in [1.82, 2.24) is 24.5 Å². The zero-order chi connectivity index (χ0) is 20.4. The number of nitrogens with one attached hydrogen (secondary N) is 1. The van der Waals surface area contributed by atoms with Gasteiger partial charge in [0.05, 0.1) is 5.69 Å². The van der Waals surface area contributed by atoms with E-state index in [1.165, 1.54) is 4.40 Å². The van der Waals surface area contributed by atoms with E-state index in [2.05, 4.69) is 15.4 Å². The number of aromatic nitrogens is 4. The highest BCUT2D eigenvalue weighted by Crippen LogP contribution is 2.18. The van der Waals surface area contributed by atoms with E-state index in [1.807, 2.05) is 42.5 Å². The highest BCUT2D eigenvalue weighted by Gasteiger charge is 2.14. The number of hydrogen-bond donors (Lipinski definition) is 1. The minimum atomic E-state index is -0.397. The molecule has 1 amide bonds. The molecule has 0 saturated carbocycles. The van der Waals surface area contributed by atoms with Gasteiger partial charge in [0.2, 0.25) is 5.91 Å². The Morgan fingerprint density at radius 1 is 1.10 bits per heavy atom. The normalized spacial score (nSPS) is 11.0. The summed E-state index contributed by atoms with van der Waals surface area (Å²) in [7, 11) is 0. The highest BCUT2D eigenvalue weighted by molar-refractivity contribution is 6.30. The summed E-state index contributed by atoms with van der Waals surface area (Å²) in [6.45, 7) is 1.92. The van der Waals surface area contributed by atoms with Crippen molar-refractivity contribution in [2.24, 2.45) is 0 Å². The second-order valence-electron chi connectivity index (χ2n) is 6.59. The monoisotopic (exact) mass is 407 g/mol. The molecule has 2 heterocycles. The van der Waals surface area contributed by atoms with E-state index in [4.69, 9.17) is 11.6 Å². The van der Waals surface area contributed by atoms with Crippen LogP contribution >= 0.6 is 11.6 Å². The summed E-state index contributed by atoms with van der Waals surface area (Å²) in [4.78, 5) is 29.5. The molecule has 0 aliphatic rings. The molecule has 0 unspecified atom stereocenters. The molecule has 0 bridgehead atoms. The molecule has 29 heavy (non-hydrogen) atoms. The molecule has 0 radical (unpaired) electrons. The summed E-state index contributed by atoms with van der Waals surface area (Å²) >= 11 is 5.86. The lowest BCUT2D eigenvalue weighted by atomic mass is 10.1. The van der Waals surface area contributed by atoms with Gasteiger partial charge in [0.1, 0.15) is 12.4 Å². The smallest absolute Gasteiger partial charge is 0.350 e. The van der Waals surface area contributed by atoms with E-state index in [1.54, 1.807) is 25.1 Å². The van der Waals surface area contributed by atoms with Crippen molar-refractivity contribution in [3.05, 3.63) is 87.6 Å². The molecule has 4 rings (SSSR count). The fraction of sp³-hybridized carbons (Fsp3) is 0.143. The number of benzene rings is 2. The van der Waals surface area contributed by atoms with Crippen LogP contribution in [0.2, 0.25) is 5.02 Å². The molecule has 8 heteroatoms. The third-order valence-corrected chi connectivity index (χ3v) is 4.75. The van der Waals surface area contributed by atoms with Crippen LogP contribution in [-0.4, -0.2) is 25.1 Å². The second-order valence-corrected chi connectivity index (χ2v) is 7.03. The van der Waals surface area contributed by atoms with Gasteiger partial charge in [0.25, 0.3) is 0 Å². The maximum absolute atomic E-state index is 12.7. The fourth-order valence-corrected chi connectivity index (χ4v) is 3.18. The number of nitrogens with zero attached hydrogens (tertiary/aromatic N) is 4. The van der Waals surface area contributed by atoms with Crippen LogP contribution in [0.15, 0.2) is 65.5 Å². The van der Waals surface area contributed by atoms with E-state index >= 15 is 0 Å². The molecule has 0 saturated heterocycles. The molecule has 0 fully saturated rings. The van der Waals surface area contributed by atoms with E-state index in [9.17, 15) is 9.59 Å². The Hall–Kier alpha value is -3.45. The first-order valence-corrected chi connectivity index (χ1v) is 9.43. The molecule has 1 N–H and O–H groups in total. The van der Waals surface area contributed by atoms with Gasteiger partial charge in [-0.15, -0.1) is 5.10 Å². The molecule has 146 valence electrons. The molecule has 2 aromatic heterocycles. The molecule has 2 aromatic carbocycles. The summed E-state index contributed by atoms with van der Waals surface area (Å²) < 4.78 is 2.55. The molecule has 0 spiro atoms. The first-order valence-electron chi connectivity index (χ1n) is 9.05. The maximum atomic E-state index is 12.7. The van der Waals surface area contributed by atoms with Gasteiger partial charge < -0.3 is 5.32 Å². The van der Waals surface area contributed by atoms with Crippen LogP contribution in [0.3, 0.4) is 0 Å². The van der Waals surface area contributed by atoms with Crippen LogP contribution in [0, 0.1) is 6.92 Å². The van der Waals surface area contributed by atoms with Gasteiger partial charge in [-0.25, -0.2) is 18.9 Å². The van der Waals surface area contributed by atoms with E-state index < -0.39 is 5.69 Å². The topological polar surface area (TPSA) is 81.3 Å². The number of carbonyl (C=O) groups is 1. The van der Waals surface area contributed by atoms with Crippen molar-refractivity contribution in [3.8, 4) is 11.3 Å². The lowest BCUT2D eigenvalue weighted by Gasteiger charge is -2.05. The Balaban J connectivity index is 1.55. The van der Waals surface area contributed by atoms with Gasteiger partial charge in [0, 0.05) is 23.2 Å². The van der Waals surface area contributed by atoms with Crippen LogP contribution in [-0.2, 0) is 17.9 Å². The molecule has 0 atom stereocenters. The number of halogens is 1. The molecule has 7 nitrogen and oxygen atoms in total. The number of rotatable bonds is 5. The first-order chi connectivity index (χ1) is 14.0. The van der Waals surface area contributed by atoms with Crippen molar-refractivity contribution in [1.29, 1.82) is 0 Å². The number of fused-ring (bicyclic) bond motifs is 1. The largest absolute Gasteiger partial charge is 0.352 e. The fourth-order valence-electron chi connectivity index (χ4n) is 3.06. The Bertz CT molecular complexity index is 1230. The third-order valence-electron chi connectivity index (χ3n) is 4.50. The van der Waals surface area contributed by atoms with Gasteiger partial charge in [-0.3, -0.25) is 4.79 Å². The summed E-state index contributed by atoms with van der Waals surface area (Å²) in [6.07, 6.45) is 0. The molecule has 4 aromatic rings. The van der Waals surface area contributed by atoms with Gasteiger partial charge in [-0.1, -0.05) is 54.1 Å². The van der Waals surface area contributed by atoms with Crippen molar-refractivity contribution >= 4 is 23.2 Å². The minimum absolute atomic E-state index is 0.172. The van der Waals surface area contributed by atoms with Gasteiger partial charge in [0.15, 0.2) is 5.65 Å². The summed E-state index contributed by atoms with van der Waals surface area (Å²) in [5, 5.41) is 7.73. The first kappa shape index (κ1) is 18.9. The summed E-state index contributed by atoms with van der Waals surface area (Å²) in [5.41, 5.74) is 2.62. The number of carbonyl (C=O) groups excluding carboxylic acids is 1. The zero-order valence-corrected chi connectivity index (χ0v) is 16.4. The van der Waals surface area contributed by atoms with Crippen LogP contribution in [0.5, 0.6) is 0 Å². The van der Waals surface area contributed by atoms with Crippen molar-refractivity contribution in [2.45, 2.75) is 20.0 Å². The Labute approximate surface area is 171 Å². The predicted molar refractivity (Wildman–Crippen MR) is 111 cm³/mol. The number of hydrogen-bond acceptors (Lipinski definition) is 4. The van der Waals surface area contributed by atoms with Crippen molar-refractivity contribution < 1.29 is 4.79 Å². The highest BCUT2D eigenvalue weighted by atomic mass is 35.5. The van der Waals surface area contributed by atoms with Gasteiger partial charge in [-0.2, -0.15) is 0 Å². The lowest BCUT2D eigenvalue weighted by molar-refractivity contribution is -0.122. The van der Waals surface area contributed by atoms with Crippen LogP contribution in [0.1, 0.15) is 11.4 Å². The van der Waals surface area contributed by atoms with Crippen LogP contribution in [0.25, 0.3) is 16.9 Å². The molecule has 0 aliphatic heterocycles. The Morgan fingerprint density at radius 3 is 2.55 bits per heavy atom. The zero-order valence-electron chi connectivity index (χ0n) is 15.7. The maximum Gasteiger partial charge on any atom is 0.352 e. The van der Waals surface area contributed by atoms with Gasteiger partial charge in [-0.05, 0) is 24.6 Å². The molecular formula is C21H18ClN5O2. The molecular weight excluding hydrogens is 390 g/mol. The summed E-state index contributed by atoms with van der Waals surface area (Å²) in [5.74, 6) is 0.207. The Morgan fingerprint density at radius 2 is 1.83 bits per heavy atom. The number of aryl methyl sites for hydroxylation is 1. The van der Waals surface area contributed by atoms with Crippen molar-refractivity contribution in [2.75, 3.05) is 0 Å². The summed E-state index contributed by atoms with van der Waals surface area (Å²) in [6, 6.07) is 18.6. The Kier molecular flexibility index (Phi) is 5.14. The van der Waals surface area contributed by atoms with Crippen molar-refractivity contribution in [3.63, 3.8) is 0 Å². The van der Waals surface area contributed by atoms with Crippen LogP contribution < -0.4 is 11.0 Å². The lowest BCUT2D eigenvalue weighted by Crippen LogP contribution is -2.32. The molecule has 0 aliphatic carbocycles. The van der Waals surface area contributed by atoms with Crippen LogP contribution in [0.4, 0.5) is 0 Å². The second kappa shape index (κ2) is 7.89. The average molecular weight is 408 g/mol. The van der Waals surface area contributed by atoms with E-state index in [-0.39, 0.29) is 12.5 Å². The number of amides is 1. The average Bonchev–Trinajstić information content (AvgIpc) is 3.04. The third kappa shape index (κ3) is 4.05. The minimum Gasteiger partial charge on any atom is -0.350 e. The predicted octanol–water partition coefficient (Wildman–Crippen LogP) is 2.84. The van der Waals surface area contributed by atoms with E-state index in [0.717, 1.165) is 21.5 Å². The van der Waals surface area contributed by atoms with Gasteiger partial charge >= 0.3 is 5.69 Å². The quantitative estimate of drug-likeness (QED) is 0.551. The SMILES string of the molecule is Cc1nc(-c2ccccc2)cc2nn(CC(=O)NCc3ccc(Cl)cc3)c(=O)n12. The standard InChI is InChI=1S/C21H18ClN5O2/c1-14-24-18(16-5-3-2-4-6-16)11-19-25-26(21(29)27(14)19)13-20(28)23-12-15-7-9-17(22)10-8-15/h2-11H,12-13H2,1H3,(H,23,28). The van der Waals surface area contributed by atoms with E-state index in [0.29, 0.717) is 23.0 Å².